The van der Waals surface area contributed by atoms with Gasteiger partial charge in [-0.2, -0.15) is 0 Å². The Morgan fingerprint density at radius 2 is 1.89 bits per heavy atom. The second-order valence-corrected chi connectivity index (χ2v) is 5.35. The fourth-order valence-electron chi connectivity index (χ4n) is 2.68. The molecule has 0 aliphatic carbocycles. The van der Waals surface area contributed by atoms with Crippen molar-refractivity contribution in [1.82, 2.24) is 10.2 Å². The van der Waals surface area contributed by atoms with E-state index in [-0.39, 0.29) is 6.04 Å². The first kappa shape index (κ1) is 15.5. The number of unbranched alkanes of at least 4 members (excludes halogenated alkanes) is 5. The molecule has 1 fully saturated rings. The van der Waals surface area contributed by atoms with Gasteiger partial charge in [0.25, 0.3) is 0 Å². The van der Waals surface area contributed by atoms with Gasteiger partial charge in [-0.05, 0) is 25.8 Å². The van der Waals surface area contributed by atoms with Crippen molar-refractivity contribution in [3.8, 4) is 0 Å². The molecular formula is C15H30N2O. The van der Waals surface area contributed by atoms with Crippen LogP contribution in [-0.2, 0) is 4.79 Å². The summed E-state index contributed by atoms with van der Waals surface area (Å²) in [5.74, 6) is 0.330. The number of hydrogen-bond acceptors (Lipinski definition) is 2. The van der Waals surface area contributed by atoms with Crippen LogP contribution in [0.2, 0.25) is 0 Å². The van der Waals surface area contributed by atoms with Crippen LogP contribution in [0, 0.1) is 0 Å². The molecule has 1 heterocycles. The van der Waals surface area contributed by atoms with E-state index in [1.807, 2.05) is 0 Å². The molecule has 0 aromatic heterocycles. The maximum atomic E-state index is 12.1. The van der Waals surface area contributed by atoms with Crippen LogP contribution in [-0.4, -0.2) is 36.5 Å². The van der Waals surface area contributed by atoms with Gasteiger partial charge in [-0.15, -0.1) is 0 Å². The molecule has 1 aliphatic heterocycles. The molecule has 1 N–H and O–H groups in total. The lowest BCUT2D eigenvalue weighted by atomic mass is 10.0. The minimum atomic E-state index is 0.0869. The second kappa shape index (κ2) is 9.37. The van der Waals surface area contributed by atoms with E-state index in [1.165, 1.54) is 38.5 Å². The monoisotopic (exact) mass is 254 g/mol. The van der Waals surface area contributed by atoms with Crippen LogP contribution in [0.1, 0.15) is 65.2 Å². The zero-order valence-corrected chi connectivity index (χ0v) is 12.2. The smallest absolute Gasteiger partial charge is 0.239 e. The number of piperidine rings is 1. The van der Waals surface area contributed by atoms with Gasteiger partial charge in [-0.25, -0.2) is 0 Å². The number of nitrogens with one attached hydrogen (secondary N) is 1. The topological polar surface area (TPSA) is 32.3 Å². The van der Waals surface area contributed by atoms with Crippen molar-refractivity contribution in [1.29, 1.82) is 0 Å². The molecule has 1 aliphatic rings. The van der Waals surface area contributed by atoms with E-state index in [9.17, 15) is 4.79 Å². The molecular weight excluding hydrogens is 224 g/mol. The molecule has 0 bridgehead atoms. The van der Waals surface area contributed by atoms with Gasteiger partial charge in [-0.1, -0.05) is 46.0 Å². The summed E-state index contributed by atoms with van der Waals surface area (Å²) in [6.45, 7) is 7.14. The summed E-state index contributed by atoms with van der Waals surface area (Å²) in [4.78, 5) is 14.2. The summed E-state index contributed by atoms with van der Waals surface area (Å²) < 4.78 is 0. The summed E-state index contributed by atoms with van der Waals surface area (Å²) in [5.41, 5.74) is 0. The van der Waals surface area contributed by atoms with Gasteiger partial charge in [0.15, 0.2) is 0 Å². The number of likely N-dealkylation sites (tertiary alicyclic amines) is 1. The van der Waals surface area contributed by atoms with Gasteiger partial charge >= 0.3 is 0 Å². The molecule has 3 heteroatoms. The van der Waals surface area contributed by atoms with Gasteiger partial charge in [0, 0.05) is 13.1 Å². The van der Waals surface area contributed by atoms with E-state index < -0.39 is 0 Å². The van der Waals surface area contributed by atoms with Crippen LogP contribution in [0.25, 0.3) is 0 Å². The van der Waals surface area contributed by atoms with Crippen LogP contribution in [0.4, 0.5) is 0 Å². The number of likely N-dealkylation sites (N-methyl/N-ethyl adjacent to an activating group) is 1. The number of hydrogen-bond donors (Lipinski definition) is 1. The molecule has 3 nitrogen and oxygen atoms in total. The molecule has 0 spiro atoms. The molecule has 106 valence electrons. The summed E-state index contributed by atoms with van der Waals surface area (Å²) in [5, 5.41) is 3.29. The van der Waals surface area contributed by atoms with E-state index in [0.29, 0.717) is 5.91 Å². The molecule has 0 radical (unpaired) electrons. The normalized spacial score (nSPS) is 20.4. The number of carbonyl (C=O) groups excluding carboxylic acids is 1. The standard InChI is InChI=1S/C15H30N2O/c1-3-5-6-7-8-9-12-17-13-10-11-14(15(17)18)16-4-2/h14,16H,3-13H2,1-2H3. The third-order valence-corrected chi connectivity index (χ3v) is 3.76. The maximum Gasteiger partial charge on any atom is 0.239 e. The Morgan fingerprint density at radius 1 is 1.17 bits per heavy atom. The van der Waals surface area contributed by atoms with Gasteiger partial charge < -0.3 is 10.2 Å². The Hall–Kier alpha value is -0.570. The van der Waals surface area contributed by atoms with E-state index in [2.05, 4.69) is 24.1 Å². The number of rotatable bonds is 9. The second-order valence-electron chi connectivity index (χ2n) is 5.35. The van der Waals surface area contributed by atoms with E-state index >= 15 is 0 Å². The van der Waals surface area contributed by atoms with Crippen molar-refractivity contribution in [2.45, 2.75) is 71.3 Å². The lowest BCUT2D eigenvalue weighted by molar-refractivity contribution is -0.136. The maximum absolute atomic E-state index is 12.1. The first-order chi connectivity index (χ1) is 8.79. The van der Waals surface area contributed by atoms with Crippen molar-refractivity contribution in [3.05, 3.63) is 0 Å². The molecule has 1 rings (SSSR count). The van der Waals surface area contributed by atoms with Crippen LogP contribution >= 0.6 is 0 Å². The number of amides is 1. The predicted octanol–water partition coefficient (Wildman–Crippen LogP) is 2.95. The lowest BCUT2D eigenvalue weighted by Crippen LogP contribution is -2.50. The third-order valence-electron chi connectivity index (χ3n) is 3.76. The van der Waals surface area contributed by atoms with Crippen molar-refractivity contribution < 1.29 is 4.79 Å². The van der Waals surface area contributed by atoms with Gasteiger partial charge in [0.1, 0.15) is 0 Å². The minimum Gasteiger partial charge on any atom is -0.341 e. The Labute approximate surface area is 112 Å². The van der Waals surface area contributed by atoms with E-state index in [4.69, 9.17) is 0 Å². The predicted molar refractivity (Wildman–Crippen MR) is 76.7 cm³/mol. The number of nitrogens with zero attached hydrogens (tertiary/aromatic N) is 1. The largest absolute Gasteiger partial charge is 0.341 e. The SMILES string of the molecule is CCCCCCCCN1CCCC(NCC)C1=O. The molecule has 1 atom stereocenters. The van der Waals surface area contributed by atoms with Gasteiger partial charge in [-0.3, -0.25) is 4.79 Å². The average molecular weight is 254 g/mol. The van der Waals surface area contributed by atoms with Crippen molar-refractivity contribution in [2.75, 3.05) is 19.6 Å². The van der Waals surface area contributed by atoms with Crippen LogP contribution in [0.3, 0.4) is 0 Å². The van der Waals surface area contributed by atoms with E-state index in [1.54, 1.807) is 0 Å². The summed E-state index contributed by atoms with van der Waals surface area (Å²) in [6.07, 6.45) is 9.94. The third kappa shape index (κ3) is 5.38. The van der Waals surface area contributed by atoms with Crippen molar-refractivity contribution in [2.24, 2.45) is 0 Å². The average Bonchev–Trinajstić information content (AvgIpc) is 2.38. The summed E-state index contributed by atoms with van der Waals surface area (Å²) in [7, 11) is 0. The Bertz CT molecular complexity index is 229. The van der Waals surface area contributed by atoms with E-state index in [0.717, 1.165) is 32.5 Å². The highest BCUT2D eigenvalue weighted by molar-refractivity contribution is 5.82. The Balaban J connectivity index is 2.14. The summed E-state index contributed by atoms with van der Waals surface area (Å²) in [6, 6.07) is 0.0869. The minimum absolute atomic E-state index is 0.0869. The first-order valence-corrected chi connectivity index (χ1v) is 7.81. The molecule has 0 aromatic carbocycles. The fraction of sp³-hybridized carbons (Fsp3) is 0.933. The molecule has 18 heavy (non-hydrogen) atoms. The van der Waals surface area contributed by atoms with Crippen LogP contribution in [0.5, 0.6) is 0 Å². The number of carbonyl (C=O) groups is 1. The zero-order valence-electron chi connectivity index (χ0n) is 12.2. The van der Waals surface area contributed by atoms with Crippen LogP contribution in [0.15, 0.2) is 0 Å². The van der Waals surface area contributed by atoms with Gasteiger partial charge in [0.2, 0.25) is 5.91 Å². The molecule has 0 aromatic rings. The lowest BCUT2D eigenvalue weighted by Gasteiger charge is -2.32. The fourth-order valence-corrected chi connectivity index (χ4v) is 2.68. The summed E-state index contributed by atoms with van der Waals surface area (Å²) >= 11 is 0. The molecule has 0 saturated carbocycles. The zero-order chi connectivity index (χ0) is 13.2. The molecule has 1 saturated heterocycles. The highest BCUT2D eigenvalue weighted by Gasteiger charge is 2.27. The highest BCUT2D eigenvalue weighted by Crippen LogP contribution is 2.13. The molecule has 1 amide bonds. The first-order valence-electron chi connectivity index (χ1n) is 7.81. The van der Waals surface area contributed by atoms with Crippen LogP contribution < -0.4 is 5.32 Å². The molecule has 1 unspecified atom stereocenters. The van der Waals surface area contributed by atoms with Gasteiger partial charge in [0.05, 0.1) is 6.04 Å². The van der Waals surface area contributed by atoms with Crippen molar-refractivity contribution >= 4 is 5.91 Å². The van der Waals surface area contributed by atoms with Crippen molar-refractivity contribution in [3.63, 3.8) is 0 Å². The Kier molecular flexibility index (Phi) is 8.06. The Morgan fingerprint density at radius 3 is 2.61 bits per heavy atom. The quantitative estimate of drug-likeness (QED) is 0.642. The highest BCUT2D eigenvalue weighted by atomic mass is 16.2.